The van der Waals surface area contributed by atoms with Crippen molar-refractivity contribution in [3.63, 3.8) is 0 Å². The van der Waals surface area contributed by atoms with Crippen molar-refractivity contribution in [2.45, 2.75) is 18.9 Å². The number of hydrogen-bond donors (Lipinski definition) is 2. The van der Waals surface area contributed by atoms with Crippen molar-refractivity contribution < 1.29 is 0 Å². The average Bonchev–Trinajstić information content (AvgIpc) is 2.92. The van der Waals surface area contributed by atoms with Gasteiger partial charge in [-0.05, 0) is 36.5 Å². The second-order valence-corrected chi connectivity index (χ2v) is 6.49. The molecule has 5 heteroatoms. The highest BCUT2D eigenvalue weighted by molar-refractivity contribution is 7.80. The molecule has 4 aliphatic heterocycles. The lowest BCUT2D eigenvalue weighted by Crippen LogP contribution is -2.54. The summed E-state index contributed by atoms with van der Waals surface area (Å²) >= 11 is 7.17. The summed E-state index contributed by atoms with van der Waals surface area (Å²) in [7, 11) is 0. The summed E-state index contributed by atoms with van der Waals surface area (Å²) in [5.74, 6) is 0.688. The molecule has 0 aromatic carbocycles. The van der Waals surface area contributed by atoms with E-state index < -0.39 is 0 Å². The summed E-state index contributed by atoms with van der Waals surface area (Å²) in [6, 6.07) is 4.57. The maximum Gasteiger partial charge on any atom is 0.171 e. The Labute approximate surface area is 116 Å². The minimum atomic E-state index is 0.261. The van der Waals surface area contributed by atoms with Crippen LogP contribution in [0.5, 0.6) is 0 Å². The third kappa shape index (κ3) is 1.50. The minimum absolute atomic E-state index is 0.261. The molecule has 0 amide bonds. The van der Waals surface area contributed by atoms with Gasteiger partial charge in [-0.15, -0.1) is 11.3 Å². The largest absolute Gasteiger partial charge is 0.371 e. The van der Waals surface area contributed by atoms with Gasteiger partial charge in [-0.2, -0.15) is 0 Å². The Balaban J connectivity index is 1.83. The molecule has 3 nitrogen and oxygen atoms in total. The smallest absolute Gasteiger partial charge is 0.171 e. The molecule has 0 aliphatic carbocycles. The maximum atomic E-state index is 5.37. The molecule has 1 saturated heterocycles. The molecule has 1 fully saturated rings. The zero-order valence-corrected chi connectivity index (χ0v) is 11.6. The average molecular weight is 277 g/mol. The van der Waals surface area contributed by atoms with Crippen LogP contribution in [0.3, 0.4) is 0 Å². The molecular weight excluding hydrogens is 262 g/mol. The first-order valence-corrected chi connectivity index (χ1v) is 7.71. The quantitative estimate of drug-likeness (QED) is 0.770. The minimum Gasteiger partial charge on any atom is -0.371 e. The fourth-order valence-corrected chi connectivity index (χ4v) is 4.32. The summed E-state index contributed by atoms with van der Waals surface area (Å²) in [6.07, 6.45) is 2.54. The van der Waals surface area contributed by atoms with E-state index >= 15 is 0 Å². The number of thiophene rings is 1. The lowest BCUT2D eigenvalue weighted by Gasteiger charge is -2.48. The van der Waals surface area contributed by atoms with E-state index in [-0.39, 0.29) is 6.04 Å². The van der Waals surface area contributed by atoms with Crippen molar-refractivity contribution in [1.82, 2.24) is 15.5 Å². The zero-order valence-electron chi connectivity index (χ0n) is 9.98. The number of piperidine rings is 1. The first-order valence-electron chi connectivity index (χ1n) is 6.43. The molecule has 5 rings (SSSR count). The summed E-state index contributed by atoms with van der Waals surface area (Å²) in [5.41, 5.74) is 2.82. The summed E-state index contributed by atoms with van der Waals surface area (Å²) in [4.78, 5) is 3.89. The van der Waals surface area contributed by atoms with E-state index in [1.54, 1.807) is 11.3 Å². The molecule has 1 aromatic rings. The van der Waals surface area contributed by atoms with Crippen LogP contribution >= 0.6 is 23.6 Å². The topological polar surface area (TPSA) is 27.3 Å². The van der Waals surface area contributed by atoms with Gasteiger partial charge in [0.05, 0.1) is 5.70 Å². The van der Waals surface area contributed by atoms with Gasteiger partial charge in [-0.3, -0.25) is 0 Å². The molecule has 2 bridgehead atoms. The van der Waals surface area contributed by atoms with Crippen LogP contribution in [0, 0.1) is 5.92 Å². The third-order valence-electron chi connectivity index (χ3n) is 4.14. The fraction of sp³-hybridized carbons (Fsp3) is 0.462. The predicted molar refractivity (Wildman–Crippen MR) is 77.3 cm³/mol. The highest BCUT2D eigenvalue weighted by Gasteiger charge is 2.40. The first-order chi connectivity index (χ1) is 8.83. The lowest BCUT2D eigenvalue weighted by atomic mass is 9.84. The summed E-state index contributed by atoms with van der Waals surface area (Å²) in [6.45, 7) is 2.39. The van der Waals surface area contributed by atoms with Crippen molar-refractivity contribution in [3.8, 4) is 0 Å². The van der Waals surface area contributed by atoms with Gasteiger partial charge in [0, 0.05) is 29.6 Å². The summed E-state index contributed by atoms with van der Waals surface area (Å²) < 4.78 is 0. The number of nitrogens with one attached hydrogen (secondary N) is 2. The molecule has 18 heavy (non-hydrogen) atoms. The maximum absolute atomic E-state index is 5.37. The van der Waals surface area contributed by atoms with Crippen molar-refractivity contribution in [2.24, 2.45) is 5.92 Å². The van der Waals surface area contributed by atoms with Gasteiger partial charge >= 0.3 is 0 Å². The molecular formula is C13H15N3S2. The highest BCUT2D eigenvalue weighted by atomic mass is 32.1. The standard InChI is InChI=1S/C13H15N3S2/c17-13-14-10-8-3-5-16(6-4-8)12(10)11(15-13)9-2-1-7-18-9/h1-2,7-8,11H,3-6H2,(H2,14,15,17)/t11-/m0/s1. The van der Waals surface area contributed by atoms with Crippen molar-refractivity contribution in [1.29, 1.82) is 0 Å². The van der Waals surface area contributed by atoms with Crippen LogP contribution in [0.15, 0.2) is 28.9 Å². The van der Waals surface area contributed by atoms with Gasteiger partial charge in [0.2, 0.25) is 0 Å². The molecule has 1 aromatic heterocycles. The van der Waals surface area contributed by atoms with Crippen molar-refractivity contribution in [2.75, 3.05) is 13.1 Å². The van der Waals surface area contributed by atoms with Gasteiger partial charge in [0.15, 0.2) is 5.11 Å². The highest BCUT2D eigenvalue weighted by Crippen LogP contribution is 2.42. The lowest BCUT2D eigenvalue weighted by molar-refractivity contribution is 0.182. The number of hydrogen-bond acceptors (Lipinski definition) is 3. The second kappa shape index (κ2) is 3.96. The SMILES string of the molecule is S=C1NC2=C([C@H](c3cccs3)N1)N1CCC2CC1. The Morgan fingerprint density at radius 2 is 2.17 bits per heavy atom. The van der Waals surface area contributed by atoms with Crippen LogP contribution in [0.25, 0.3) is 0 Å². The molecule has 5 heterocycles. The number of fused-ring (bicyclic) bond motifs is 2. The Kier molecular flexibility index (Phi) is 2.38. The zero-order chi connectivity index (χ0) is 12.1. The van der Waals surface area contributed by atoms with E-state index in [1.165, 1.54) is 42.2 Å². The monoisotopic (exact) mass is 277 g/mol. The molecule has 0 unspecified atom stereocenters. The summed E-state index contributed by atoms with van der Waals surface area (Å²) in [5, 5.41) is 9.75. The van der Waals surface area contributed by atoms with Crippen LogP contribution in [-0.2, 0) is 0 Å². The van der Waals surface area contributed by atoms with E-state index in [9.17, 15) is 0 Å². The number of allylic oxidation sites excluding steroid dienone is 1. The van der Waals surface area contributed by atoms with Crippen LogP contribution < -0.4 is 10.6 Å². The number of thiocarbonyl (C=S) groups is 1. The van der Waals surface area contributed by atoms with Gasteiger partial charge in [0.1, 0.15) is 6.04 Å². The van der Waals surface area contributed by atoms with E-state index in [1.807, 2.05) is 0 Å². The van der Waals surface area contributed by atoms with Gasteiger partial charge in [-0.25, -0.2) is 0 Å². The second-order valence-electron chi connectivity index (χ2n) is 5.11. The van der Waals surface area contributed by atoms with E-state index in [4.69, 9.17) is 12.2 Å². The Bertz CT molecular complexity index is 512. The van der Waals surface area contributed by atoms with Gasteiger partial charge in [-0.1, -0.05) is 6.07 Å². The van der Waals surface area contributed by atoms with Gasteiger partial charge < -0.3 is 15.5 Å². The Hall–Kier alpha value is -1.07. The fourth-order valence-electron chi connectivity index (χ4n) is 3.31. The molecule has 94 valence electrons. The van der Waals surface area contributed by atoms with Crippen LogP contribution in [0.2, 0.25) is 0 Å². The molecule has 2 N–H and O–H groups in total. The molecule has 4 aliphatic rings. The number of rotatable bonds is 1. The molecule has 0 radical (unpaired) electrons. The van der Waals surface area contributed by atoms with Gasteiger partial charge in [0.25, 0.3) is 0 Å². The van der Waals surface area contributed by atoms with E-state index in [0.717, 1.165) is 5.11 Å². The van der Waals surface area contributed by atoms with Crippen molar-refractivity contribution >= 4 is 28.7 Å². The normalized spacial score (nSPS) is 27.0. The first kappa shape index (κ1) is 10.8. The molecule has 0 spiro atoms. The predicted octanol–water partition coefficient (Wildman–Crippen LogP) is 2.20. The molecule has 1 atom stereocenters. The Morgan fingerprint density at radius 1 is 1.33 bits per heavy atom. The Morgan fingerprint density at radius 3 is 2.89 bits per heavy atom. The number of nitrogens with zero attached hydrogens (tertiary/aromatic N) is 1. The van der Waals surface area contributed by atoms with Crippen LogP contribution in [-0.4, -0.2) is 23.1 Å². The van der Waals surface area contributed by atoms with E-state index in [0.29, 0.717) is 5.92 Å². The molecule has 0 saturated carbocycles. The van der Waals surface area contributed by atoms with E-state index in [2.05, 4.69) is 33.0 Å². The third-order valence-corrected chi connectivity index (χ3v) is 5.30. The van der Waals surface area contributed by atoms with Crippen LogP contribution in [0.4, 0.5) is 0 Å². The van der Waals surface area contributed by atoms with Crippen LogP contribution in [0.1, 0.15) is 23.8 Å². The van der Waals surface area contributed by atoms with Crippen molar-refractivity contribution in [3.05, 3.63) is 33.8 Å².